The summed E-state index contributed by atoms with van der Waals surface area (Å²) in [6.07, 6.45) is 3.21. The monoisotopic (exact) mass is 224 g/mol. The topological polar surface area (TPSA) is 27.1 Å². The van der Waals surface area contributed by atoms with E-state index in [0.29, 0.717) is 11.3 Å². The van der Waals surface area contributed by atoms with Crippen molar-refractivity contribution >= 4 is 0 Å². The highest BCUT2D eigenvalue weighted by Gasteiger charge is 2.02. The lowest BCUT2D eigenvalue weighted by Crippen LogP contribution is -1.96. The van der Waals surface area contributed by atoms with Crippen LogP contribution in [0.1, 0.15) is 5.56 Å². The molecular weight excluding hydrogens is 214 g/mol. The molecule has 84 valence electrons. The Morgan fingerprint density at radius 3 is 2.50 bits per heavy atom. The number of halogens is 2. The van der Waals surface area contributed by atoms with Crippen molar-refractivity contribution in [1.82, 2.24) is 9.78 Å². The maximum Gasteiger partial charge on any atom is 0.157 e. The predicted octanol–water partition coefficient (Wildman–Crippen LogP) is 2.28. The summed E-state index contributed by atoms with van der Waals surface area (Å²) in [6, 6.07) is 3.30. The molecule has 2 rings (SSSR count). The molecule has 16 heavy (non-hydrogen) atoms. The number of hydrogen-bond acceptors (Lipinski definition) is 2. The first-order chi connectivity index (χ1) is 7.63. The molecule has 0 radical (unpaired) electrons. The minimum Gasteiger partial charge on any atom is -0.486 e. The Bertz CT molecular complexity index is 476. The molecule has 0 atom stereocenters. The van der Waals surface area contributed by atoms with Gasteiger partial charge in [0.2, 0.25) is 0 Å². The van der Waals surface area contributed by atoms with Crippen molar-refractivity contribution in [3.8, 4) is 5.75 Å². The minimum atomic E-state index is -0.607. The van der Waals surface area contributed by atoms with Crippen molar-refractivity contribution in [2.24, 2.45) is 7.05 Å². The standard InChI is InChI=1S/C11H10F2N2O/c1-15-6-11(5-14-15)16-7-8-2-9(12)4-10(13)3-8/h2-6H,7H2,1H3. The molecule has 0 N–H and O–H groups in total. The zero-order valence-corrected chi connectivity index (χ0v) is 8.65. The first kappa shape index (κ1) is 10.6. The number of aryl methyl sites for hydroxylation is 1. The first-order valence-corrected chi connectivity index (χ1v) is 4.70. The fourth-order valence-electron chi connectivity index (χ4n) is 1.33. The zero-order chi connectivity index (χ0) is 11.5. The lowest BCUT2D eigenvalue weighted by molar-refractivity contribution is 0.304. The molecule has 3 nitrogen and oxygen atoms in total. The highest BCUT2D eigenvalue weighted by molar-refractivity contribution is 5.19. The molecular formula is C11H10F2N2O. The van der Waals surface area contributed by atoms with Crippen LogP contribution in [0.25, 0.3) is 0 Å². The van der Waals surface area contributed by atoms with Crippen LogP contribution >= 0.6 is 0 Å². The largest absolute Gasteiger partial charge is 0.486 e. The van der Waals surface area contributed by atoms with Gasteiger partial charge in [0, 0.05) is 13.1 Å². The summed E-state index contributed by atoms with van der Waals surface area (Å²) in [4.78, 5) is 0. The van der Waals surface area contributed by atoms with E-state index in [1.54, 1.807) is 17.9 Å². The Labute approximate surface area is 91.3 Å². The molecule has 1 heterocycles. The molecule has 0 aliphatic carbocycles. The van der Waals surface area contributed by atoms with E-state index in [-0.39, 0.29) is 6.61 Å². The van der Waals surface area contributed by atoms with E-state index >= 15 is 0 Å². The highest BCUT2D eigenvalue weighted by atomic mass is 19.1. The van der Waals surface area contributed by atoms with Crippen LogP contribution in [-0.4, -0.2) is 9.78 Å². The average Bonchev–Trinajstić information content (AvgIpc) is 2.60. The van der Waals surface area contributed by atoms with Crippen LogP contribution in [0.3, 0.4) is 0 Å². The van der Waals surface area contributed by atoms with Crippen molar-refractivity contribution in [2.45, 2.75) is 6.61 Å². The van der Waals surface area contributed by atoms with E-state index in [4.69, 9.17) is 4.74 Å². The van der Waals surface area contributed by atoms with Crippen molar-refractivity contribution in [1.29, 1.82) is 0 Å². The summed E-state index contributed by atoms with van der Waals surface area (Å²) in [5, 5.41) is 3.91. The van der Waals surface area contributed by atoms with Crippen molar-refractivity contribution in [3.05, 3.63) is 47.8 Å². The summed E-state index contributed by atoms with van der Waals surface area (Å²) < 4.78 is 32.6. The van der Waals surface area contributed by atoms with Crippen LogP contribution in [0, 0.1) is 11.6 Å². The van der Waals surface area contributed by atoms with Gasteiger partial charge in [-0.25, -0.2) is 8.78 Å². The maximum absolute atomic E-state index is 12.8. The van der Waals surface area contributed by atoms with Gasteiger partial charge in [-0.2, -0.15) is 5.10 Å². The molecule has 0 aliphatic heterocycles. The van der Waals surface area contributed by atoms with E-state index in [0.717, 1.165) is 6.07 Å². The van der Waals surface area contributed by atoms with Crippen LogP contribution < -0.4 is 4.74 Å². The third-order valence-electron chi connectivity index (χ3n) is 2.01. The zero-order valence-electron chi connectivity index (χ0n) is 8.65. The number of hydrogen-bond donors (Lipinski definition) is 0. The third kappa shape index (κ3) is 2.56. The third-order valence-corrected chi connectivity index (χ3v) is 2.01. The summed E-state index contributed by atoms with van der Waals surface area (Å²) in [6.45, 7) is 0.111. The van der Waals surface area contributed by atoms with E-state index in [2.05, 4.69) is 5.10 Å². The second kappa shape index (κ2) is 4.30. The van der Waals surface area contributed by atoms with E-state index in [1.165, 1.54) is 18.3 Å². The van der Waals surface area contributed by atoms with Gasteiger partial charge in [-0.1, -0.05) is 0 Å². The Balaban J connectivity index is 2.04. The lowest BCUT2D eigenvalue weighted by Gasteiger charge is -2.03. The van der Waals surface area contributed by atoms with Gasteiger partial charge in [0.15, 0.2) is 5.75 Å². The van der Waals surface area contributed by atoms with Crippen LogP contribution in [-0.2, 0) is 13.7 Å². The fraction of sp³-hybridized carbons (Fsp3) is 0.182. The molecule has 0 saturated carbocycles. The van der Waals surface area contributed by atoms with Crippen LogP contribution in [0.5, 0.6) is 5.75 Å². The van der Waals surface area contributed by atoms with Crippen molar-refractivity contribution in [3.63, 3.8) is 0 Å². The molecule has 0 bridgehead atoms. The summed E-state index contributed by atoms with van der Waals surface area (Å²) in [5.74, 6) is -0.651. The van der Waals surface area contributed by atoms with Crippen LogP contribution in [0.4, 0.5) is 8.78 Å². The number of rotatable bonds is 3. The minimum absolute atomic E-state index is 0.111. The molecule has 0 fully saturated rings. The quantitative estimate of drug-likeness (QED) is 0.799. The highest BCUT2D eigenvalue weighted by Crippen LogP contribution is 2.13. The molecule has 1 aromatic heterocycles. The Morgan fingerprint density at radius 2 is 1.94 bits per heavy atom. The van der Waals surface area contributed by atoms with Crippen molar-refractivity contribution < 1.29 is 13.5 Å². The molecule has 2 aromatic rings. The Morgan fingerprint density at radius 1 is 1.25 bits per heavy atom. The molecule has 5 heteroatoms. The van der Waals surface area contributed by atoms with Gasteiger partial charge in [0.25, 0.3) is 0 Å². The van der Waals surface area contributed by atoms with Crippen LogP contribution in [0.15, 0.2) is 30.6 Å². The predicted molar refractivity (Wildman–Crippen MR) is 53.9 cm³/mol. The van der Waals surface area contributed by atoms with Gasteiger partial charge in [0.05, 0.1) is 12.4 Å². The number of nitrogens with zero attached hydrogens (tertiary/aromatic N) is 2. The second-order valence-electron chi connectivity index (χ2n) is 3.42. The lowest BCUT2D eigenvalue weighted by atomic mass is 10.2. The van der Waals surface area contributed by atoms with Gasteiger partial charge < -0.3 is 4.74 Å². The number of aromatic nitrogens is 2. The molecule has 1 aromatic carbocycles. The summed E-state index contributed by atoms with van der Waals surface area (Å²) in [7, 11) is 1.76. The molecule has 0 unspecified atom stereocenters. The van der Waals surface area contributed by atoms with Gasteiger partial charge >= 0.3 is 0 Å². The van der Waals surface area contributed by atoms with Gasteiger partial charge in [-0.05, 0) is 17.7 Å². The van der Waals surface area contributed by atoms with Gasteiger partial charge in [-0.15, -0.1) is 0 Å². The average molecular weight is 224 g/mol. The van der Waals surface area contributed by atoms with E-state index in [9.17, 15) is 8.78 Å². The smallest absolute Gasteiger partial charge is 0.157 e. The fourth-order valence-corrected chi connectivity index (χ4v) is 1.33. The normalized spacial score (nSPS) is 10.4. The second-order valence-corrected chi connectivity index (χ2v) is 3.42. The first-order valence-electron chi connectivity index (χ1n) is 4.70. The SMILES string of the molecule is Cn1cc(OCc2cc(F)cc(F)c2)cn1. The Kier molecular flexibility index (Phi) is 2.85. The molecule has 0 amide bonds. The van der Waals surface area contributed by atoms with E-state index < -0.39 is 11.6 Å². The molecule has 0 spiro atoms. The molecule has 0 aliphatic rings. The summed E-state index contributed by atoms with van der Waals surface area (Å²) in [5.41, 5.74) is 0.446. The molecule has 0 saturated heterocycles. The van der Waals surface area contributed by atoms with E-state index in [1.807, 2.05) is 0 Å². The number of benzene rings is 1. The summed E-state index contributed by atoms with van der Waals surface area (Å²) >= 11 is 0. The van der Waals surface area contributed by atoms with Gasteiger partial charge in [0.1, 0.15) is 18.2 Å². The van der Waals surface area contributed by atoms with Crippen molar-refractivity contribution in [2.75, 3.05) is 0 Å². The Hall–Kier alpha value is -1.91. The number of ether oxygens (including phenoxy) is 1. The van der Waals surface area contributed by atoms with Crippen LogP contribution in [0.2, 0.25) is 0 Å². The maximum atomic E-state index is 12.8. The van der Waals surface area contributed by atoms with Gasteiger partial charge in [-0.3, -0.25) is 4.68 Å².